The number of pyridine rings is 2. The van der Waals surface area contributed by atoms with Crippen molar-refractivity contribution in [3.63, 3.8) is 0 Å². The zero-order chi connectivity index (χ0) is 15.6. The fourth-order valence-electron chi connectivity index (χ4n) is 3.16. The number of aromatic amines is 1. The molecule has 1 saturated heterocycles. The summed E-state index contributed by atoms with van der Waals surface area (Å²) in [4.78, 5) is 22.1. The molecule has 6 nitrogen and oxygen atoms in total. The second-order valence-corrected chi connectivity index (χ2v) is 5.80. The molecule has 4 heterocycles. The molecule has 0 bridgehead atoms. The van der Waals surface area contributed by atoms with E-state index in [0.717, 1.165) is 60.1 Å². The Kier molecular flexibility index (Phi) is 3.49. The molecule has 6 heteroatoms. The summed E-state index contributed by atoms with van der Waals surface area (Å²) in [5.41, 5.74) is 2.70. The molecular weight excluding hydrogens is 290 g/mol. The van der Waals surface area contributed by atoms with Crippen LogP contribution in [0, 0.1) is 0 Å². The van der Waals surface area contributed by atoms with Gasteiger partial charge in [0.05, 0.1) is 23.4 Å². The number of carbonyl (C=O) groups is 1. The second-order valence-electron chi connectivity index (χ2n) is 5.80. The molecule has 0 amide bonds. The number of piperidine rings is 1. The lowest BCUT2D eigenvalue weighted by atomic mass is 10.0. The number of anilines is 1. The van der Waals surface area contributed by atoms with E-state index in [1.807, 2.05) is 18.2 Å². The third-order valence-electron chi connectivity index (χ3n) is 4.36. The maximum Gasteiger partial charge on any atom is 0.159 e. The molecule has 0 aliphatic carbocycles. The maximum atomic E-state index is 11.4. The van der Waals surface area contributed by atoms with Crippen LogP contribution in [0.25, 0.3) is 22.2 Å². The van der Waals surface area contributed by atoms with Crippen molar-refractivity contribution in [2.75, 3.05) is 11.4 Å². The number of aromatic nitrogens is 4. The van der Waals surface area contributed by atoms with Gasteiger partial charge in [0.15, 0.2) is 5.82 Å². The molecule has 23 heavy (non-hydrogen) atoms. The highest BCUT2D eigenvalue weighted by atomic mass is 16.1. The number of aldehydes is 1. The average Bonchev–Trinajstić information content (AvgIpc) is 3.05. The van der Waals surface area contributed by atoms with Crippen LogP contribution in [0.1, 0.15) is 19.3 Å². The van der Waals surface area contributed by atoms with Crippen molar-refractivity contribution in [2.45, 2.75) is 25.3 Å². The van der Waals surface area contributed by atoms with Gasteiger partial charge in [-0.2, -0.15) is 5.10 Å². The predicted molar refractivity (Wildman–Crippen MR) is 88.2 cm³/mol. The predicted octanol–water partition coefficient (Wildman–Crippen LogP) is 2.58. The first-order chi connectivity index (χ1) is 11.4. The highest BCUT2D eigenvalue weighted by Crippen LogP contribution is 2.30. The molecule has 0 aromatic carbocycles. The smallest absolute Gasteiger partial charge is 0.159 e. The van der Waals surface area contributed by atoms with Crippen molar-refractivity contribution < 1.29 is 4.79 Å². The van der Waals surface area contributed by atoms with Crippen molar-refractivity contribution >= 4 is 23.0 Å². The van der Waals surface area contributed by atoms with Crippen LogP contribution < -0.4 is 4.90 Å². The van der Waals surface area contributed by atoms with E-state index in [1.165, 1.54) is 0 Å². The topological polar surface area (TPSA) is 74.8 Å². The summed E-state index contributed by atoms with van der Waals surface area (Å²) in [5, 5.41) is 8.45. The summed E-state index contributed by atoms with van der Waals surface area (Å²) < 4.78 is 0. The van der Waals surface area contributed by atoms with Gasteiger partial charge in [0.25, 0.3) is 0 Å². The number of nitrogens with zero attached hydrogens (tertiary/aromatic N) is 4. The van der Waals surface area contributed by atoms with Crippen molar-refractivity contribution in [1.29, 1.82) is 0 Å². The van der Waals surface area contributed by atoms with Crippen molar-refractivity contribution in [1.82, 2.24) is 20.2 Å². The van der Waals surface area contributed by atoms with E-state index < -0.39 is 0 Å². The molecular formula is C17H17N5O. The Hall–Kier alpha value is -2.76. The minimum absolute atomic E-state index is 0.0924. The Labute approximate surface area is 133 Å². The Morgan fingerprint density at radius 2 is 2.26 bits per heavy atom. The monoisotopic (exact) mass is 307 g/mol. The summed E-state index contributed by atoms with van der Waals surface area (Å²) in [6, 6.07) is 5.80. The van der Waals surface area contributed by atoms with E-state index in [-0.39, 0.29) is 6.04 Å². The normalized spacial score (nSPS) is 18.3. The van der Waals surface area contributed by atoms with Crippen molar-refractivity contribution in [3.05, 3.63) is 36.8 Å². The lowest BCUT2D eigenvalue weighted by Gasteiger charge is -2.32. The van der Waals surface area contributed by atoms with Crippen LogP contribution in [-0.4, -0.2) is 39.0 Å². The number of rotatable bonds is 3. The largest absolute Gasteiger partial charge is 0.345 e. The standard InChI is InChI=1S/C17H17N5O/c23-11-13-5-1-2-7-22(13)17-14-8-15(12-4-3-6-18-9-12)19-10-16(14)20-21-17/h3-4,6,8-11,13H,1-2,5,7H2,(H,20,21). The van der Waals surface area contributed by atoms with Crippen LogP contribution in [0.4, 0.5) is 5.82 Å². The lowest BCUT2D eigenvalue weighted by Crippen LogP contribution is -2.40. The van der Waals surface area contributed by atoms with E-state index in [9.17, 15) is 4.79 Å². The van der Waals surface area contributed by atoms with Gasteiger partial charge in [0.1, 0.15) is 6.29 Å². The first-order valence-electron chi connectivity index (χ1n) is 7.83. The van der Waals surface area contributed by atoms with Gasteiger partial charge >= 0.3 is 0 Å². The minimum atomic E-state index is -0.0924. The summed E-state index contributed by atoms with van der Waals surface area (Å²) >= 11 is 0. The van der Waals surface area contributed by atoms with Crippen LogP contribution in [0.3, 0.4) is 0 Å². The summed E-state index contributed by atoms with van der Waals surface area (Å²) in [6.45, 7) is 0.855. The Morgan fingerprint density at radius 3 is 3.09 bits per heavy atom. The molecule has 0 spiro atoms. The molecule has 1 atom stereocenters. The Balaban J connectivity index is 1.80. The van der Waals surface area contributed by atoms with Crippen LogP contribution in [0.15, 0.2) is 36.8 Å². The molecule has 0 saturated carbocycles. The van der Waals surface area contributed by atoms with Crippen molar-refractivity contribution in [2.24, 2.45) is 0 Å². The lowest BCUT2D eigenvalue weighted by molar-refractivity contribution is -0.109. The fourth-order valence-corrected chi connectivity index (χ4v) is 3.16. The first-order valence-corrected chi connectivity index (χ1v) is 7.83. The molecule has 1 N–H and O–H groups in total. The third-order valence-corrected chi connectivity index (χ3v) is 4.36. The van der Waals surface area contributed by atoms with Crippen molar-refractivity contribution in [3.8, 4) is 11.3 Å². The molecule has 3 aromatic rings. The zero-order valence-electron chi connectivity index (χ0n) is 12.6. The molecule has 116 valence electrons. The number of H-pyrrole nitrogens is 1. The highest BCUT2D eigenvalue weighted by Gasteiger charge is 2.25. The number of carbonyl (C=O) groups excluding carboxylic acids is 1. The Morgan fingerprint density at radius 1 is 1.30 bits per heavy atom. The van der Waals surface area contributed by atoms with Gasteiger partial charge in [-0.1, -0.05) is 0 Å². The summed E-state index contributed by atoms with van der Waals surface area (Å²) in [5.74, 6) is 0.837. The maximum absolute atomic E-state index is 11.4. The van der Waals surface area contributed by atoms with Crippen LogP contribution in [0.2, 0.25) is 0 Å². The third kappa shape index (κ3) is 2.46. The van der Waals surface area contributed by atoms with Gasteiger partial charge < -0.3 is 9.69 Å². The van der Waals surface area contributed by atoms with Gasteiger partial charge in [-0.05, 0) is 37.5 Å². The van der Waals surface area contributed by atoms with E-state index in [0.29, 0.717) is 0 Å². The summed E-state index contributed by atoms with van der Waals surface area (Å²) in [6.07, 6.45) is 9.41. The average molecular weight is 307 g/mol. The van der Waals surface area contributed by atoms with E-state index in [2.05, 4.69) is 25.1 Å². The van der Waals surface area contributed by atoms with Crippen LogP contribution >= 0.6 is 0 Å². The van der Waals surface area contributed by atoms with E-state index >= 15 is 0 Å². The van der Waals surface area contributed by atoms with E-state index in [4.69, 9.17) is 0 Å². The SMILES string of the molecule is O=CC1CCCCN1c1n[nH]c2cnc(-c3cccnc3)cc12. The molecule has 1 aliphatic rings. The molecule has 1 unspecified atom stereocenters. The van der Waals surface area contributed by atoms with Gasteiger partial charge in [0.2, 0.25) is 0 Å². The first kappa shape index (κ1) is 13.9. The molecule has 3 aromatic heterocycles. The number of hydrogen-bond acceptors (Lipinski definition) is 5. The number of fused-ring (bicyclic) bond motifs is 1. The second kappa shape index (κ2) is 5.79. The Bertz CT molecular complexity index is 829. The van der Waals surface area contributed by atoms with Crippen LogP contribution in [0.5, 0.6) is 0 Å². The molecule has 1 aliphatic heterocycles. The molecule has 0 radical (unpaired) electrons. The van der Waals surface area contributed by atoms with Gasteiger partial charge in [-0.25, -0.2) is 0 Å². The number of nitrogens with one attached hydrogen (secondary N) is 1. The number of hydrogen-bond donors (Lipinski definition) is 1. The highest BCUT2D eigenvalue weighted by molar-refractivity contribution is 5.93. The fraction of sp³-hybridized carbons (Fsp3) is 0.294. The van der Waals surface area contributed by atoms with Crippen LogP contribution in [-0.2, 0) is 4.79 Å². The van der Waals surface area contributed by atoms with Gasteiger partial charge in [0, 0.05) is 29.9 Å². The molecule has 4 rings (SSSR count). The van der Waals surface area contributed by atoms with Gasteiger partial charge in [-0.3, -0.25) is 15.1 Å². The van der Waals surface area contributed by atoms with Gasteiger partial charge in [-0.15, -0.1) is 0 Å². The quantitative estimate of drug-likeness (QED) is 0.753. The molecule has 1 fully saturated rings. The summed E-state index contributed by atoms with van der Waals surface area (Å²) in [7, 11) is 0. The zero-order valence-corrected chi connectivity index (χ0v) is 12.6. The van der Waals surface area contributed by atoms with E-state index in [1.54, 1.807) is 18.6 Å². The minimum Gasteiger partial charge on any atom is -0.345 e.